The summed E-state index contributed by atoms with van der Waals surface area (Å²) in [6.45, 7) is 1.70. The van der Waals surface area contributed by atoms with Crippen LogP contribution in [0.15, 0.2) is 23.1 Å². The van der Waals surface area contributed by atoms with E-state index in [4.69, 9.17) is 5.73 Å². The van der Waals surface area contributed by atoms with Gasteiger partial charge < -0.3 is 5.73 Å². The largest absolute Gasteiger partial charge is 0.368 e. The smallest absolute Gasteiger partial charge is 0.273 e. The minimum Gasteiger partial charge on any atom is -0.368 e. The minimum absolute atomic E-state index is 0.178. The Morgan fingerprint density at radius 2 is 2.14 bits per heavy atom. The van der Waals surface area contributed by atoms with Crippen molar-refractivity contribution >= 4 is 21.6 Å². The zero-order valence-electron chi connectivity index (χ0n) is 11.4. The number of carbonyl (C=O) groups excluding carboxylic acids is 1. The summed E-state index contributed by atoms with van der Waals surface area (Å²) >= 11 is 0. The van der Waals surface area contributed by atoms with Crippen LogP contribution in [0.1, 0.15) is 18.4 Å². The van der Waals surface area contributed by atoms with Gasteiger partial charge in [0.25, 0.3) is 5.69 Å². The molecule has 1 aromatic carbocycles. The molecule has 1 heterocycles. The Kier molecular flexibility index (Phi) is 3.97. The second kappa shape index (κ2) is 5.41. The Morgan fingerprint density at radius 3 is 2.71 bits per heavy atom. The first-order valence-corrected chi connectivity index (χ1v) is 7.75. The summed E-state index contributed by atoms with van der Waals surface area (Å²) in [6, 6.07) is 2.80. The Labute approximate surface area is 121 Å². The molecule has 1 saturated heterocycles. The summed E-state index contributed by atoms with van der Waals surface area (Å²) in [5.41, 5.74) is 5.31. The number of nitrogens with two attached hydrogens (primary N) is 1. The van der Waals surface area contributed by atoms with E-state index in [1.807, 2.05) is 0 Å². The summed E-state index contributed by atoms with van der Waals surface area (Å²) in [6.07, 6.45) is 0.892. The number of nitro groups is 1. The molecule has 1 aromatic rings. The molecule has 1 aliphatic rings. The van der Waals surface area contributed by atoms with E-state index < -0.39 is 26.9 Å². The Balaban J connectivity index is 2.47. The fourth-order valence-electron chi connectivity index (χ4n) is 2.39. The van der Waals surface area contributed by atoms with Gasteiger partial charge in [-0.1, -0.05) is 6.07 Å². The van der Waals surface area contributed by atoms with Crippen LogP contribution in [-0.4, -0.2) is 36.1 Å². The van der Waals surface area contributed by atoms with Crippen LogP contribution in [0.4, 0.5) is 5.69 Å². The van der Waals surface area contributed by atoms with Crippen molar-refractivity contribution in [3.05, 3.63) is 33.9 Å². The summed E-state index contributed by atoms with van der Waals surface area (Å²) in [4.78, 5) is 21.4. The van der Waals surface area contributed by atoms with Crippen molar-refractivity contribution in [2.75, 3.05) is 6.54 Å². The highest BCUT2D eigenvalue weighted by Crippen LogP contribution is 2.29. The van der Waals surface area contributed by atoms with Crippen LogP contribution in [-0.2, 0) is 14.8 Å². The molecule has 9 heteroatoms. The van der Waals surface area contributed by atoms with Crippen molar-refractivity contribution in [2.45, 2.75) is 30.7 Å². The molecule has 0 aromatic heterocycles. The lowest BCUT2D eigenvalue weighted by molar-refractivity contribution is -0.385. The van der Waals surface area contributed by atoms with Crippen LogP contribution < -0.4 is 5.73 Å². The van der Waals surface area contributed by atoms with Gasteiger partial charge >= 0.3 is 0 Å². The van der Waals surface area contributed by atoms with Crippen LogP contribution in [0, 0.1) is 17.0 Å². The number of hydrogen-bond donors (Lipinski definition) is 1. The van der Waals surface area contributed by atoms with Crippen molar-refractivity contribution in [1.29, 1.82) is 0 Å². The van der Waals surface area contributed by atoms with Gasteiger partial charge in [0, 0.05) is 18.2 Å². The molecule has 1 fully saturated rings. The number of amides is 1. The number of primary amides is 1. The standard InChI is InChI=1S/C12H15N3O5S/c1-8-4-5-9(7-11(8)15(17)18)21(19,20)14-6-2-3-10(14)12(13)16/h4-5,7,10H,2-3,6H2,1H3,(H2,13,16). The van der Waals surface area contributed by atoms with Gasteiger partial charge in [0.2, 0.25) is 15.9 Å². The van der Waals surface area contributed by atoms with Gasteiger partial charge in [0.1, 0.15) is 6.04 Å². The van der Waals surface area contributed by atoms with E-state index in [0.717, 1.165) is 10.4 Å². The van der Waals surface area contributed by atoms with E-state index in [0.29, 0.717) is 18.4 Å². The molecular formula is C12H15N3O5S. The molecule has 0 radical (unpaired) electrons. The second-order valence-electron chi connectivity index (χ2n) is 4.88. The number of sulfonamides is 1. The average Bonchev–Trinajstić information content (AvgIpc) is 2.88. The third-order valence-corrected chi connectivity index (χ3v) is 5.42. The normalized spacial score (nSPS) is 19.6. The molecule has 1 aliphatic heterocycles. The molecule has 0 saturated carbocycles. The van der Waals surface area contributed by atoms with Gasteiger partial charge in [-0.25, -0.2) is 8.42 Å². The van der Waals surface area contributed by atoms with Gasteiger partial charge in [0.05, 0.1) is 9.82 Å². The summed E-state index contributed by atoms with van der Waals surface area (Å²) in [5.74, 6) is -0.710. The molecule has 114 valence electrons. The fourth-order valence-corrected chi connectivity index (χ4v) is 4.08. The highest BCUT2D eigenvalue weighted by molar-refractivity contribution is 7.89. The van der Waals surface area contributed by atoms with E-state index in [1.165, 1.54) is 19.1 Å². The Morgan fingerprint density at radius 1 is 1.48 bits per heavy atom. The first-order chi connectivity index (χ1) is 9.75. The number of rotatable bonds is 4. The Hall–Kier alpha value is -2.00. The van der Waals surface area contributed by atoms with E-state index in [9.17, 15) is 23.3 Å². The van der Waals surface area contributed by atoms with Crippen molar-refractivity contribution in [3.63, 3.8) is 0 Å². The van der Waals surface area contributed by atoms with Gasteiger partial charge in [0.15, 0.2) is 0 Å². The molecule has 1 amide bonds. The number of nitro benzene ring substituents is 1. The lowest BCUT2D eigenvalue weighted by Gasteiger charge is -2.21. The molecule has 0 bridgehead atoms. The molecule has 1 unspecified atom stereocenters. The quantitative estimate of drug-likeness (QED) is 0.642. The van der Waals surface area contributed by atoms with Crippen molar-refractivity contribution < 1.29 is 18.1 Å². The third kappa shape index (κ3) is 2.74. The van der Waals surface area contributed by atoms with E-state index in [-0.39, 0.29) is 17.1 Å². The van der Waals surface area contributed by atoms with E-state index >= 15 is 0 Å². The summed E-state index contributed by atoms with van der Waals surface area (Å²) < 4.78 is 26.1. The van der Waals surface area contributed by atoms with Crippen LogP contribution >= 0.6 is 0 Å². The predicted molar refractivity (Wildman–Crippen MR) is 73.9 cm³/mol. The van der Waals surface area contributed by atoms with E-state index in [1.54, 1.807) is 0 Å². The number of nitrogens with zero attached hydrogens (tertiary/aromatic N) is 2. The van der Waals surface area contributed by atoms with Gasteiger partial charge in [-0.15, -0.1) is 0 Å². The predicted octanol–water partition coefficient (Wildman–Crippen LogP) is 0.542. The molecule has 0 spiro atoms. The Bertz CT molecular complexity index is 701. The molecule has 2 N–H and O–H groups in total. The highest BCUT2D eigenvalue weighted by Gasteiger charge is 2.38. The summed E-state index contributed by atoms with van der Waals surface area (Å²) in [5, 5.41) is 10.9. The number of carbonyl (C=O) groups is 1. The van der Waals surface area contributed by atoms with Crippen LogP contribution in [0.3, 0.4) is 0 Å². The number of aryl methyl sites for hydroxylation is 1. The maximum atomic E-state index is 12.5. The first-order valence-electron chi connectivity index (χ1n) is 6.31. The highest BCUT2D eigenvalue weighted by atomic mass is 32.2. The fraction of sp³-hybridized carbons (Fsp3) is 0.417. The minimum atomic E-state index is -3.98. The number of benzene rings is 1. The maximum Gasteiger partial charge on any atom is 0.273 e. The monoisotopic (exact) mass is 313 g/mol. The third-order valence-electron chi connectivity index (χ3n) is 3.52. The van der Waals surface area contributed by atoms with Crippen molar-refractivity contribution in [1.82, 2.24) is 4.31 Å². The van der Waals surface area contributed by atoms with Crippen molar-refractivity contribution in [2.24, 2.45) is 5.73 Å². The molecule has 21 heavy (non-hydrogen) atoms. The summed E-state index contributed by atoms with van der Waals surface area (Å²) in [7, 11) is -3.98. The molecule has 1 atom stereocenters. The lowest BCUT2D eigenvalue weighted by Crippen LogP contribution is -2.43. The van der Waals surface area contributed by atoms with Crippen LogP contribution in [0.2, 0.25) is 0 Å². The zero-order chi connectivity index (χ0) is 15.8. The second-order valence-corrected chi connectivity index (χ2v) is 6.77. The lowest BCUT2D eigenvalue weighted by atomic mass is 10.2. The zero-order valence-corrected chi connectivity index (χ0v) is 12.2. The van der Waals surface area contributed by atoms with Gasteiger partial charge in [-0.2, -0.15) is 4.31 Å². The SMILES string of the molecule is Cc1ccc(S(=O)(=O)N2CCCC2C(N)=O)cc1[N+](=O)[O-]. The van der Waals surface area contributed by atoms with Crippen LogP contribution in [0.25, 0.3) is 0 Å². The average molecular weight is 313 g/mol. The molecule has 8 nitrogen and oxygen atoms in total. The van der Waals surface area contributed by atoms with Crippen molar-refractivity contribution in [3.8, 4) is 0 Å². The number of hydrogen-bond acceptors (Lipinski definition) is 5. The van der Waals surface area contributed by atoms with Gasteiger partial charge in [-0.3, -0.25) is 14.9 Å². The van der Waals surface area contributed by atoms with Crippen LogP contribution in [0.5, 0.6) is 0 Å². The molecule has 0 aliphatic carbocycles. The van der Waals surface area contributed by atoms with E-state index in [2.05, 4.69) is 0 Å². The maximum absolute atomic E-state index is 12.5. The molecular weight excluding hydrogens is 298 g/mol. The van der Waals surface area contributed by atoms with Gasteiger partial charge in [-0.05, 0) is 25.8 Å². The molecule has 2 rings (SSSR count). The first kappa shape index (κ1) is 15.4. The topological polar surface area (TPSA) is 124 Å².